The SMILES string of the molecule is CCNC(=S)Nc1cccc(C)c1. The summed E-state index contributed by atoms with van der Waals surface area (Å²) in [5.41, 5.74) is 2.26. The van der Waals surface area contributed by atoms with Crippen LogP contribution < -0.4 is 10.6 Å². The first-order valence-electron chi connectivity index (χ1n) is 4.34. The molecule has 0 saturated carbocycles. The number of nitrogens with one attached hydrogen (secondary N) is 2. The summed E-state index contributed by atoms with van der Waals surface area (Å²) in [7, 11) is 0. The van der Waals surface area contributed by atoms with Crippen LogP contribution in [0.25, 0.3) is 0 Å². The molecule has 0 saturated heterocycles. The van der Waals surface area contributed by atoms with Crippen molar-refractivity contribution in [3.8, 4) is 0 Å². The fourth-order valence-corrected chi connectivity index (χ4v) is 1.32. The highest BCUT2D eigenvalue weighted by Crippen LogP contribution is 2.08. The Morgan fingerprint density at radius 2 is 2.23 bits per heavy atom. The third-order valence-corrected chi connectivity index (χ3v) is 1.86. The van der Waals surface area contributed by atoms with E-state index in [0.717, 1.165) is 12.2 Å². The number of rotatable bonds is 2. The molecule has 0 unspecified atom stereocenters. The number of aryl methyl sites for hydroxylation is 1. The minimum Gasteiger partial charge on any atom is -0.363 e. The fourth-order valence-electron chi connectivity index (χ4n) is 1.06. The van der Waals surface area contributed by atoms with Crippen LogP contribution in [0.5, 0.6) is 0 Å². The lowest BCUT2D eigenvalue weighted by molar-refractivity contribution is 0.979. The molecule has 0 bridgehead atoms. The summed E-state index contributed by atoms with van der Waals surface area (Å²) in [5, 5.41) is 6.81. The smallest absolute Gasteiger partial charge is 0.170 e. The van der Waals surface area contributed by atoms with Crippen LogP contribution in [0.15, 0.2) is 24.3 Å². The van der Waals surface area contributed by atoms with Gasteiger partial charge in [0.15, 0.2) is 5.11 Å². The summed E-state index contributed by atoms with van der Waals surface area (Å²) >= 11 is 5.06. The van der Waals surface area contributed by atoms with Crippen LogP contribution >= 0.6 is 12.2 Å². The van der Waals surface area contributed by atoms with Gasteiger partial charge in [-0.1, -0.05) is 12.1 Å². The zero-order valence-electron chi connectivity index (χ0n) is 7.92. The number of hydrogen-bond acceptors (Lipinski definition) is 1. The van der Waals surface area contributed by atoms with Gasteiger partial charge >= 0.3 is 0 Å². The van der Waals surface area contributed by atoms with Crippen LogP contribution in [0.2, 0.25) is 0 Å². The molecule has 70 valence electrons. The van der Waals surface area contributed by atoms with E-state index in [1.165, 1.54) is 5.56 Å². The van der Waals surface area contributed by atoms with Gasteiger partial charge in [0, 0.05) is 12.2 Å². The van der Waals surface area contributed by atoms with Crippen LogP contribution in [0.3, 0.4) is 0 Å². The summed E-state index contributed by atoms with van der Waals surface area (Å²) in [5.74, 6) is 0. The van der Waals surface area contributed by atoms with Gasteiger partial charge in [0.25, 0.3) is 0 Å². The van der Waals surface area contributed by atoms with E-state index in [4.69, 9.17) is 12.2 Å². The molecule has 0 spiro atoms. The van der Waals surface area contributed by atoms with Gasteiger partial charge < -0.3 is 10.6 Å². The lowest BCUT2D eigenvalue weighted by Gasteiger charge is -2.08. The third-order valence-electron chi connectivity index (χ3n) is 1.61. The molecule has 1 rings (SSSR count). The van der Waals surface area contributed by atoms with E-state index in [-0.39, 0.29) is 0 Å². The number of benzene rings is 1. The zero-order chi connectivity index (χ0) is 9.68. The lowest BCUT2D eigenvalue weighted by atomic mass is 10.2. The summed E-state index contributed by atoms with van der Waals surface area (Å²) in [6.07, 6.45) is 0. The zero-order valence-corrected chi connectivity index (χ0v) is 8.74. The Bertz CT molecular complexity index is 297. The summed E-state index contributed by atoms with van der Waals surface area (Å²) in [6, 6.07) is 8.12. The number of anilines is 1. The topological polar surface area (TPSA) is 24.1 Å². The van der Waals surface area contributed by atoms with Gasteiger partial charge in [0.1, 0.15) is 0 Å². The van der Waals surface area contributed by atoms with Crippen LogP contribution in [-0.2, 0) is 0 Å². The van der Waals surface area contributed by atoms with Gasteiger partial charge in [-0.2, -0.15) is 0 Å². The van der Waals surface area contributed by atoms with Gasteiger partial charge in [-0.05, 0) is 43.8 Å². The van der Waals surface area contributed by atoms with Gasteiger partial charge in [0.05, 0.1) is 0 Å². The molecule has 0 aromatic heterocycles. The molecule has 13 heavy (non-hydrogen) atoms. The second kappa shape index (κ2) is 4.82. The molecule has 0 fully saturated rings. The highest BCUT2D eigenvalue weighted by atomic mass is 32.1. The minimum absolute atomic E-state index is 0.674. The average molecular weight is 194 g/mol. The first kappa shape index (κ1) is 9.99. The standard InChI is InChI=1S/C10H14N2S/c1-3-11-10(13)12-9-6-4-5-8(2)7-9/h4-7H,3H2,1-2H3,(H2,11,12,13). The molecule has 3 heteroatoms. The van der Waals surface area contributed by atoms with Crippen molar-refractivity contribution in [2.24, 2.45) is 0 Å². The lowest BCUT2D eigenvalue weighted by Crippen LogP contribution is -2.27. The molecule has 2 N–H and O–H groups in total. The Hall–Kier alpha value is -1.09. The average Bonchev–Trinajstić information content (AvgIpc) is 2.04. The first-order chi connectivity index (χ1) is 6.22. The van der Waals surface area contributed by atoms with Crippen molar-refractivity contribution in [1.82, 2.24) is 5.32 Å². The molecule has 0 radical (unpaired) electrons. The van der Waals surface area contributed by atoms with Crippen LogP contribution in [0.1, 0.15) is 12.5 Å². The molecule has 1 aromatic carbocycles. The summed E-state index contributed by atoms with van der Waals surface area (Å²) in [4.78, 5) is 0. The number of hydrogen-bond donors (Lipinski definition) is 2. The van der Waals surface area contributed by atoms with Crippen molar-refractivity contribution in [3.05, 3.63) is 29.8 Å². The van der Waals surface area contributed by atoms with Crippen molar-refractivity contribution >= 4 is 23.0 Å². The summed E-state index contributed by atoms with van der Waals surface area (Å²) in [6.45, 7) is 4.92. The van der Waals surface area contributed by atoms with Crippen molar-refractivity contribution in [2.45, 2.75) is 13.8 Å². The highest BCUT2D eigenvalue weighted by molar-refractivity contribution is 7.80. The first-order valence-corrected chi connectivity index (χ1v) is 4.74. The summed E-state index contributed by atoms with van der Waals surface area (Å²) < 4.78 is 0. The maximum atomic E-state index is 5.06. The Kier molecular flexibility index (Phi) is 3.71. The predicted molar refractivity (Wildman–Crippen MR) is 61.1 cm³/mol. The Morgan fingerprint density at radius 3 is 2.85 bits per heavy atom. The molecular formula is C10H14N2S. The maximum Gasteiger partial charge on any atom is 0.170 e. The molecule has 1 aromatic rings. The molecule has 0 atom stereocenters. The molecular weight excluding hydrogens is 180 g/mol. The van der Waals surface area contributed by atoms with Crippen molar-refractivity contribution in [3.63, 3.8) is 0 Å². The normalized spacial score (nSPS) is 9.38. The maximum absolute atomic E-state index is 5.06. The van der Waals surface area contributed by atoms with Crippen molar-refractivity contribution < 1.29 is 0 Å². The highest BCUT2D eigenvalue weighted by Gasteiger charge is 1.94. The van der Waals surface area contributed by atoms with E-state index in [1.54, 1.807) is 0 Å². The largest absolute Gasteiger partial charge is 0.363 e. The van der Waals surface area contributed by atoms with Crippen LogP contribution in [0.4, 0.5) is 5.69 Å². The van der Waals surface area contributed by atoms with E-state index in [9.17, 15) is 0 Å². The fraction of sp³-hybridized carbons (Fsp3) is 0.300. The molecule has 0 amide bonds. The molecule has 0 aliphatic rings. The van der Waals surface area contributed by atoms with Gasteiger partial charge in [0.2, 0.25) is 0 Å². The van der Waals surface area contributed by atoms with E-state index in [0.29, 0.717) is 5.11 Å². The second-order valence-corrected chi connectivity index (χ2v) is 3.26. The molecule has 0 aliphatic carbocycles. The molecule has 2 nitrogen and oxygen atoms in total. The van der Waals surface area contributed by atoms with E-state index >= 15 is 0 Å². The van der Waals surface area contributed by atoms with Crippen molar-refractivity contribution in [1.29, 1.82) is 0 Å². The third kappa shape index (κ3) is 3.42. The van der Waals surface area contributed by atoms with Gasteiger partial charge in [-0.3, -0.25) is 0 Å². The monoisotopic (exact) mass is 194 g/mol. The minimum atomic E-state index is 0.674. The van der Waals surface area contributed by atoms with Gasteiger partial charge in [-0.15, -0.1) is 0 Å². The Balaban J connectivity index is 2.58. The Morgan fingerprint density at radius 1 is 1.46 bits per heavy atom. The van der Waals surface area contributed by atoms with E-state index < -0.39 is 0 Å². The molecule has 0 aliphatic heterocycles. The second-order valence-electron chi connectivity index (χ2n) is 2.85. The quantitative estimate of drug-likeness (QED) is 0.706. The van der Waals surface area contributed by atoms with E-state index in [1.807, 2.05) is 19.1 Å². The van der Waals surface area contributed by atoms with E-state index in [2.05, 4.69) is 29.7 Å². The molecule has 0 heterocycles. The van der Waals surface area contributed by atoms with Crippen LogP contribution in [-0.4, -0.2) is 11.7 Å². The van der Waals surface area contributed by atoms with Gasteiger partial charge in [-0.25, -0.2) is 0 Å². The Labute approximate surface area is 84.3 Å². The van der Waals surface area contributed by atoms with Crippen LogP contribution in [0, 0.1) is 6.92 Å². The van der Waals surface area contributed by atoms with Crippen molar-refractivity contribution in [2.75, 3.05) is 11.9 Å². The predicted octanol–water partition coefficient (Wildman–Crippen LogP) is 2.30. The number of thiocarbonyl (C=S) groups is 1.